The van der Waals surface area contributed by atoms with Crippen LogP contribution in [0.4, 0.5) is 0 Å². The summed E-state index contributed by atoms with van der Waals surface area (Å²) in [5.74, 6) is 0. The predicted molar refractivity (Wildman–Crippen MR) is 69.5 cm³/mol. The van der Waals surface area contributed by atoms with Crippen molar-refractivity contribution in [3.63, 3.8) is 0 Å². The lowest BCUT2D eigenvalue weighted by molar-refractivity contribution is -0.126. The third-order valence-electron chi connectivity index (χ3n) is 4.33. The van der Waals surface area contributed by atoms with Gasteiger partial charge in [-0.15, -0.1) is 0 Å². The maximum Gasteiger partial charge on any atom is 0.129 e. The number of aliphatic hydroxyl groups is 1. The van der Waals surface area contributed by atoms with Crippen molar-refractivity contribution >= 4 is 6.29 Å². The van der Waals surface area contributed by atoms with Gasteiger partial charge in [0.15, 0.2) is 0 Å². The molecule has 0 aromatic heterocycles. The van der Waals surface area contributed by atoms with Crippen molar-refractivity contribution in [2.75, 3.05) is 32.9 Å². The first-order valence-electron chi connectivity index (χ1n) is 7.19. The Morgan fingerprint density at radius 3 is 2.89 bits per heavy atom. The van der Waals surface area contributed by atoms with E-state index in [1.807, 2.05) is 0 Å². The van der Waals surface area contributed by atoms with E-state index in [0.29, 0.717) is 6.61 Å². The number of hydrogen-bond acceptors (Lipinski definition) is 4. The van der Waals surface area contributed by atoms with Crippen LogP contribution in [0.1, 0.15) is 38.5 Å². The Kier molecular flexibility index (Phi) is 5.15. The van der Waals surface area contributed by atoms with Crippen LogP contribution in [0.15, 0.2) is 0 Å². The number of rotatable bonds is 4. The Labute approximate surface area is 109 Å². The highest BCUT2D eigenvalue weighted by Gasteiger charge is 2.36. The molecule has 2 fully saturated rings. The summed E-state index contributed by atoms with van der Waals surface area (Å²) in [6, 6.07) is 0.228. The van der Waals surface area contributed by atoms with Crippen molar-refractivity contribution in [1.82, 2.24) is 4.90 Å². The van der Waals surface area contributed by atoms with Gasteiger partial charge in [0.05, 0.1) is 18.6 Å². The molecule has 0 amide bonds. The van der Waals surface area contributed by atoms with Gasteiger partial charge in [-0.2, -0.15) is 0 Å². The van der Waals surface area contributed by atoms with E-state index in [1.54, 1.807) is 0 Å². The Bertz CT molecular complexity index is 264. The van der Waals surface area contributed by atoms with Gasteiger partial charge in [-0.3, -0.25) is 4.90 Å². The SMILES string of the molecule is O=CC1(CN2CCCCCC2CO)CCCOC1. The molecule has 2 atom stereocenters. The number of nitrogens with zero attached hydrogens (tertiary/aromatic N) is 1. The number of ether oxygens (including phenoxy) is 1. The molecule has 4 heteroatoms. The van der Waals surface area contributed by atoms with Crippen molar-refractivity contribution in [2.24, 2.45) is 5.41 Å². The monoisotopic (exact) mass is 255 g/mol. The molecule has 0 bridgehead atoms. The molecule has 2 heterocycles. The highest BCUT2D eigenvalue weighted by atomic mass is 16.5. The maximum absolute atomic E-state index is 11.5. The lowest BCUT2D eigenvalue weighted by atomic mass is 9.83. The van der Waals surface area contributed by atoms with Crippen LogP contribution in [0.5, 0.6) is 0 Å². The van der Waals surface area contributed by atoms with Gasteiger partial charge in [-0.05, 0) is 32.2 Å². The fourth-order valence-electron chi connectivity index (χ4n) is 3.18. The number of hydrogen-bond donors (Lipinski definition) is 1. The molecule has 0 radical (unpaired) electrons. The summed E-state index contributed by atoms with van der Waals surface area (Å²) < 4.78 is 5.50. The quantitative estimate of drug-likeness (QED) is 0.767. The summed E-state index contributed by atoms with van der Waals surface area (Å²) in [5, 5.41) is 9.51. The zero-order chi connectivity index (χ0) is 12.8. The third kappa shape index (κ3) is 3.31. The largest absolute Gasteiger partial charge is 0.395 e. The number of aldehydes is 1. The highest BCUT2D eigenvalue weighted by Crippen LogP contribution is 2.29. The number of carbonyl (C=O) groups excluding carboxylic acids is 1. The summed E-state index contributed by atoms with van der Waals surface area (Å²) in [6.45, 7) is 3.28. The van der Waals surface area contributed by atoms with Crippen LogP contribution in [0.25, 0.3) is 0 Å². The molecule has 2 unspecified atom stereocenters. The Balaban J connectivity index is 2.01. The van der Waals surface area contributed by atoms with Crippen LogP contribution in [0, 0.1) is 5.41 Å². The highest BCUT2D eigenvalue weighted by molar-refractivity contribution is 5.60. The second kappa shape index (κ2) is 6.64. The van der Waals surface area contributed by atoms with Gasteiger partial charge in [-0.1, -0.05) is 12.8 Å². The van der Waals surface area contributed by atoms with Gasteiger partial charge in [0.25, 0.3) is 0 Å². The molecule has 2 aliphatic heterocycles. The number of likely N-dealkylation sites (tertiary alicyclic amines) is 1. The van der Waals surface area contributed by atoms with Gasteiger partial charge in [0.2, 0.25) is 0 Å². The zero-order valence-corrected chi connectivity index (χ0v) is 11.1. The second-order valence-electron chi connectivity index (χ2n) is 5.79. The molecule has 4 nitrogen and oxygen atoms in total. The topological polar surface area (TPSA) is 49.8 Å². The molecular formula is C14H25NO3. The summed E-state index contributed by atoms with van der Waals surface area (Å²) in [6.07, 6.45) is 7.62. The van der Waals surface area contributed by atoms with E-state index in [2.05, 4.69) is 4.90 Å². The molecule has 104 valence electrons. The lowest BCUT2D eigenvalue weighted by Crippen LogP contribution is -2.48. The van der Waals surface area contributed by atoms with E-state index >= 15 is 0 Å². The van der Waals surface area contributed by atoms with Gasteiger partial charge < -0.3 is 14.6 Å². The summed E-state index contributed by atoms with van der Waals surface area (Å²) >= 11 is 0. The zero-order valence-electron chi connectivity index (χ0n) is 11.1. The van der Waals surface area contributed by atoms with E-state index in [1.165, 1.54) is 19.3 Å². The molecule has 0 aromatic carbocycles. The smallest absolute Gasteiger partial charge is 0.129 e. The Morgan fingerprint density at radius 1 is 1.33 bits per heavy atom. The average molecular weight is 255 g/mol. The molecule has 0 aromatic rings. The van der Waals surface area contributed by atoms with Crippen molar-refractivity contribution in [3.8, 4) is 0 Å². The molecule has 2 rings (SSSR count). The van der Waals surface area contributed by atoms with Gasteiger partial charge >= 0.3 is 0 Å². The van der Waals surface area contributed by atoms with Crippen molar-refractivity contribution < 1.29 is 14.6 Å². The van der Waals surface area contributed by atoms with E-state index in [9.17, 15) is 9.90 Å². The van der Waals surface area contributed by atoms with Crippen molar-refractivity contribution in [1.29, 1.82) is 0 Å². The molecular weight excluding hydrogens is 230 g/mol. The molecule has 0 saturated carbocycles. The first-order valence-corrected chi connectivity index (χ1v) is 7.19. The molecule has 0 aliphatic carbocycles. The molecule has 2 saturated heterocycles. The standard InChI is InChI=1S/C14H25NO3/c16-9-13-5-2-1-3-7-15(13)10-14(11-17)6-4-8-18-12-14/h11,13,16H,1-10,12H2. The Morgan fingerprint density at radius 2 is 2.22 bits per heavy atom. The van der Waals surface area contributed by atoms with Crippen LogP contribution >= 0.6 is 0 Å². The number of aliphatic hydroxyl groups excluding tert-OH is 1. The molecule has 18 heavy (non-hydrogen) atoms. The van der Waals surface area contributed by atoms with Crippen LogP contribution < -0.4 is 0 Å². The lowest BCUT2D eigenvalue weighted by Gasteiger charge is -2.39. The normalized spacial score (nSPS) is 35.1. The maximum atomic E-state index is 11.5. The molecule has 2 aliphatic rings. The Hall–Kier alpha value is -0.450. The average Bonchev–Trinajstić information content (AvgIpc) is 2.65. The van der Waals surface area contributed by atoms with Crippen molar-refractivity contribution in [2.45, 2.75) is 44.6 Å². The fraction of sp³-hybridized carbons (Fsp3) is 0.929. The first kappa shape index (κ1) is 14.0. The molecule has 1 N–H and O–H groups in total. The third-order valence-corrected chi connectivity index (χ3v) is 4.33. The first-order chi connectivity index (χ1) is 8.79. The van der Waals surface area contributed by atoms with Crippen LogP contribution in [0.3, 0.4) is 0 Å². The second-order valence-corrected chi connectivity index (χ2v) is 5.79. The predicted octanol–water partition coefficient (Wildman–Crippen LogP) is 1.22. The summed E-state index contributed by atoms with van der Waals surface area (Å²) in [7, 11) is 0. The van der Waals surface area contributed by atoms with Gasteiger partial charge in [0, 0.05) is 19.2 Å². The minimum absolute atomic E-state index is 0.204. The minimum atomic E-state index is -0.337. The fourth-order valence-corrected chi connectivity index (χ4v) is 3.18. The van der Waals surface area contributed by atoms with E-state index in [0.717, 1.165) is 45.2 Å². The van der Waals surface area contributed by atoms with E-state index in [-0.39, 0.29) is 18.1 Å². The van der Waals surface area contributed by atoms with Gasteiger partial charge in [0.1, 0.15) is 6.29 Å². The summed E-state index contributed by atoms with van der Waals surface area (Å²) in [4.78, 5) is 13.8. The van der Waals surface area contributed by atoms with Crippen molar-refractivity contribution in [3.05, 3.63) is 0 Å². The summed E-state index contributed by atoms with van der Waals surface area (Å²) in [5.41, 5.74) is -0.337. The van der Waals surface area contributed by atoms with Crippen LogP contribution in [-0.2, 0) is 9.53 Å². The van der Waals surface area contributed by atoms with Crippen LogP contribution in [-0.4, -0.2) is 55.2 Å². The molecule has 0 spiro atoms. The minimum Gasteiger partial charge on any atom is -0.395 e. The van der Waals surface area contributed by atoms with E-state index < -0.39 is 0 Å². The number of carbonyl (C=O) groups is 1. The van der Waals surface area contributed by atoms with E-state index in [4.69, 9.17) is 4.74 Å². The van der Waals surface area contributed by atoms with Gasteiger partial charge in [-0.25, -0.2) is 0 Å². The van der Waals surface area contributed by atoms with Crippen LogP contribution in [0.2, 0.25) is 0 Å².